The molecule has 1 heterocycles. The summed E-state index contributed by atoms with van der Waals surface area (Å²) in [5, 5.41) is 0.515. The topological polar surface area (TPSA) is 48.7 Å². The summed E-state index contributed by atoms with van der Waals surface area (Å²) in [5.41, 5.74) is 4.25. The summed E-state index contributed by atoms with van der Waals surface area (Å²) in [6.45, 7) is 4.26. The molecule has 0 N–H and O–H groups in total. The van der Waals surface area contributed by atoms with Gasteiger partial charge in [-0.3, -0.25) is 4.79 Å². The van der Waals surface area contributed by atoms with E-state index >= 15 is 0 Å². The maximum absolute atomic E-state index is 13.3. The highest BCUT2D eigenvalue weighted by molar-refractivity contribution is 5.82. The molecule has 0 bridgehead atoms. The molecular weight excluding hydrogens is 364 g/mol. The predicted molar refractivity (Wildman–Crippen MR) is 115 cm³/mol. The molecule has 4 nitrogen and oxygen atoms in total. The van der Waals surface area contributed by atoms with E-state index < -0.39 is 0 Å². The van der Waals surface area contributed by atoms with Crippen LogP contribution in [-0.2, 0) is 6.61 Å². The van der Waals surface area contributed by atoms with Crippen LogP contribution in [-0.4, -0.2) is 7.11 Å². The third kappa shape index (κ3) is 3.87. The molecule has 4 aromatic rings. The normalized spacial score (nSPS) is 10.9. The van der Waals surface area contributed by atoms with E-state index in [9.17, 15) is 4.79 Å². The van der Waals surface area contributed by atoms with Gasteiger partial charge in [0.15, 0.2) is 5.76 Å². The fourth-order valence-electron chi connectivity index (χ4n) is 3.31. The van der Waals surface area contributed by atoms with Crippen LogP contribution in [0.25, 0.3) is 22.3 Å². The molecule has 0 fully saturated rings. The van der Waals surface area contributed by atoms with Crippen LogP contribution in [0.3, 0.4) is 0 Å². The lowest BCUT2D eigenvalue weighted by molar-refractivity contribution is 0.298. The molecule has 0 aliphatic rings. The molecule has 146 valence electrons. The average Bonchev–Trinajstić information content (AvgIpc) is 2.73. The van der Waals surface area contributed by atoms with Crippen LogP contribution in [0.15, 0.2) is 75.9 Å². The lowest BCUT2D eigenvalue weighted by atomic mass is 10.1. The summed E-state index contributed by atoms with van der Waals surface area (Å²) in [6, 6.07) is 21.0. The van der Waals surface area contributed by atoms with Gasteiger partial charge in [0.1, 0.15) is 17.9 Å². The molecule has 0 spiro atoms. The molecule has 0 amide bonds. The molecule has 4 heteroatoms. The summed E-state index contributed by atoms with van der Waals surface area (Å²) in [5.74, 6) is 1.37. The average molecular weight is 386 g/mol. The largest absolute Gasteiger partial charge is 0.497 e. The highest BCUT2D eigenvalue weighted by atomic mass is 16.5. The van der Waals surface area contributed by atoms with Gasteiger partial charge in [0.2, 0.25) is 11.2 Å². The lowest BCUT2D eigenvalue weighted by Crippen LogP contribution is -2.10. The van der Waals surface area contributed by atoms with Gasteiger partial charge in [-0.25, -0.2) is 0 Å². The highest BCUT2D eigenvalue weighted by Gasteiger charge is 2.18. The van der Waals surface area contributed by atoms with Crippen molar-refractivity contribution in [2.45, 2.75) is 20.5 Å². The van der Waals surface area contributed by atoms with Crippen LogP contribution in [0, 0.1) is 13.8 Å². The van der Waals surface area contributed by atoms with E-state index in [1.54, 1.807) is 7.11 Å². The van der Waals surface area contributed by atoms with Crippen LogP contribution in [0.1, 0.15) is 16.7 Å². The molecule has 3 aromatic carbocycles. The third-order valence-corrected chi connectivity index (χ3v) is 4.82. The Morgan fingerprint density at radius 2 is 1.66 bits per heavy atom. The zero-order chi connectivity index (χ0) is 20.4. The second kappa shape index (κ2) is 7.84. The van der Waals surface area contributed by atoms with Crippen molar-refractivity contribution < 1.29 is 13.9 Å². The molecule has 1 aromatic heterocycles. The van der Waals surface area contributed by atoms with Crippen LogP contribution >= 0.6 is 0 Å². The number of aryl methyl sites for hydroxylation is 2. The van der Waals surface area contributed by atoms with E-state index in [4.69, 9.17) is 13.9 Å². The number of benzene rings is 3. The van der Waals surface area contributed by atoms with Crippen molar-refractivity contribution in [3.05, 3.63) is 93.6 Å². The Kier molecular flexibility index (Phi) is 5.09. The zero-order valence-corrected chi connectivity index (χ0v) is 16.7. The molecule has 0 aliphatic heterocycles. The van der Waals surface area contributed by atoms with Gasteiger partial charge in [0, 0.05) is 5.56 Å². The van der Waals surface area contributed by atoms with Gasteiger partial charge in [-0.2, -0.15) is 0 Å². The van der Waals surface area contributed by atoms with Crippen molar-refractivity contribution >= 4 is 11.0 Å². The number of ether oxygens (including phenoxy) is 2. The van der Waals surface area contributed by atoms with Gasteiger partial charge in [-0.1, -0.05) is 41.5 Å². The van der Waals surface area contributed by atoms with Gasteiger partial charge >= 0.3 is 0 Å². The van der Waals surface area contributed by atoms with Crippen molar-refractivity contribution in [3.8, 4) is 22.8 Å². The molecule has 0 atom stereocenters. The standard InChI is InChI=1S/C25H22O4/c1-16-5-4-6-18(13-16)15-28-25-23(26)21-14-17(2)7-12-22(21)29-24(25)19-8-10-20(27-3)11-9-19/h4-14H,15H2,1-3H3. The zero-order valence-electron chi connectivity index (χ0n) is 16.7. The Morgan fingerprint density at radius 1 is 0.897 bits per heavy atom. The van der Waals surface area contributed by atoms with Gasteiger partial charge < -0.3 is 13.9 Å². The summed E-state index contributed by atoms with van der Waals surface area (Å²) in [6.07, 6.45) is 0. The molecule has 0 saturated heterocycles. The Labute approximate surface area is 169 Å². The van der Waals surface area contributed by atoms with Gasteiger partial charge in [0.05, 0.1) is 12.5 Å². The van der Waals surface area contributed by atoms with Gasteiger partial charge in [0.25, 0.3) is 0 Å². The quantitative estimate of drug-likeness (QED) is 0.444. The monoisotopic (exact) mass is 386 g/mol. The molecule has 0 saturated carbocycles. The van der Waals surface area contributed by atoms with Crippen LogP contribution < -0.4 is 14.9 Å². The van der Waals surface area contributed by atoms with Crippen molar-refractivity contribution in [3.63, 3.8) is 0 Å². The minimum absolute atomic E-state index is 0.173. The first-order valence-electron chi connectivity index (χ1n) is 9.45. The fraction of sp³-hybridized carbons (Fsp3) is 0.160. The van der Waals surface area contributed by atoms with E-state index in [1.807, 2.05) is 80.6 Å². The summed E-state index contributed by atoms with van der Waals surface area (Å²) < 4.78 is 17.4. The Bertz CT molecular complexity index is 1220. The molecule has 0 radical (unpaired) electrons. The Balaban J connectivity index is 1.84. The first-order chi connectivity index (χ1) is 14.0. The van der Waals surface area contributed by atoms with Crippen molar-refractivity contribution in [2.24, 2.45) is 0 Å². The molecule has 0 aliphatic carbocycles. The Morgan fingerprint density at radius 3 is 2.38 bits per heavy atom. The van der Waals surface area contributed by atoms with E-state index in [-0.39, 0.29) is 17.8 Å². The predicted octanol–water partition coefficient (Wildman–Crippen LogP) is 5.66. The van der Waals surface area contributed by atoms with Crippen molar-refractivity contribution in [1.29, 1.82) is 0 Å². The van der Waals surface area contributed by atoms with E-state index in [0.29, 0.717) is 16.7 Å². The Hall–Kier alpha value is -3.53. The molecule has 0 unspecified atom stereocenters. The maximum atomic E-state index is 13.3. The SMILES string of the molecule is COc1ccc(-c2oc3ccc(C)cc3c(=O)c2OCc2cccc(C)c2)cc1. The molecular formula is C25H22O4. The minimum atomic E-state index is -0.173. The second-order valence-electron chi connectivity index (χ2n) is 7.10. The van der Waals surface area contributed by atoms with Gasteiger partial charge in [-0.15, -0.1) is 0 Å². The molecule has 4 rings (SSSR count). The lowest BCUT2D eigenvalue weighted by Gasteiger charge is -2.13. The summed E-state index contributed by atoms with van der Waals surface area (Å²) >= 11 is 0. The second-order valence-corrected chi connectivity index (χ2v) is 7.10. The minimum Gasteiger partial charge on any atom is -0.497 e. The van der Waals surface area contributed by atoms with E-state index in [0.717, 1.165) is 28.0 Å². The third-order valence-electron chi connectivity index (χ3n) is 4.82. The fourth-order valence-corrected chi connectivity index (χ4v) is 3.31. The first-order valence-corrected chi connectivity index (χ1v) is 9.45. The van der Waals surface area contributed by atoms with Crippen molar-refractivity contribution in [1.82, 2.24) is 0 Å². The molecule has 29 heavy (non-hydrogen) atoms. The van der Waals surface area contributed by atoms with E-state index in [2.05, 4.69) is 0 Å². The number of hydrogen-bond donors (Lipinski definition) is 0. The summed E-state index contributed by atoms with van der Waals surface area (Å²) in [4.78, 5) is 13.3. The van der Waals surface area contributed by atoms with E-state index in [1.165, 1.54) is 0 Å². The smallest absolute Gasteiger partial charge is 0.235 e. The number of hydrogen-bond acceptors (Lipinski definition) is 4. The maximum Gasteiger partial charge on any atom is 0.235 e. The van der Waals surface area contributed by atoms with Crippen molar-refractivity contribution in [2.75, 3.05) is 7.11 Å². The number of fused-ring (bicyclic) bond motifs is 1. The summed E-state index contributed by atoms with van der Waals surface area (Å²) in [7, 11) is 1.61. The van der Waals surface area contributed by atoms with Gasteiger partial charge in [-0.05, 0) is 55.8 Å². The number of methoxy groups -OCH3 is 1. The number of rotatable bonds is 5. The first kappa shape index (κ1) is 18.8. The highest BCUT2D eigenvalue weighted by Crippen LogP contribution is 2.32. The van der Waals surface area contributed by atoms with Crippen LogP contribution in [0.5, 0.6) is 11.5 Å². The van der Waals surface area contributed by atoms with Crippen LogP contribution in [0.4, 0.5) is 0 Å². The van der Waals surface area contributed by atoms with Crippen LogP contribution in [0.2, 0.25) is 0 Å².